The second kappa shape index (κ2) is 9.75. The van der Waals surface area contributed by atoms with Crippen molar-refractivity contribution in [3.05, 3.63) is 70.8 Å². The Hall–Kier alpha value is -3.50. The van der Waals surface area contributed by atoms with Crippen LogP contribution in [0.1, 0.15) is 22.3 Å². The highest BCUT2D eigenvalue weighted by Gasteiger charge is 2.36. The molecule has 0 fully saturated rings. The lowest BCUT2D eigenvalue weighted by atomic mass is 10.0. The van der Waals surface area contributed by atoms with Gasteiger partial charge in [-0.2, -0.15) is 26.3 Å². The lowest BCUT2D eigenvalue weighted by molar-refractivity contribution is -0.143. The highest BCUT2D eigenvalue weighted by molar-refractivity contribution is 5.94. The first kappa shape index (κ1) is 24.8. The Morgan fingerprint density at radius 3 is 1.97 bits per heavy atom. The number of methoxy groups -OCH3 is 1. The van der Waals surface area contributed by atoms with Crippen molar-refractivity contribution in [2.75, 3.05) is 7.11 Å². The van der Waals surface area contributed by atoms with Crippen LogP contribution in [0.15, 0.2) is 48.5 Å². The molecule has 5 nitrogen and oxygen atoms in total. The van der Waals surface area contributed by atoms with E-state index in [1.165, 1.54) is 7.11 Å². The Morgan fingerprint density at radius 2 is 1.53 bits per heavy atom. The summed E-state index contributed by atoms with van der Waals surface area (Å²) < 4.78 is 82.4. The summed E-state index contributed by atoms with van der Waals surface area (Å²) in [6.07, 6.45) is -8.76. The molecule has 2 N–H and O–H groups in total. The number of amides is 1. The fourth-order valence-corrected chi connectivity index (χ4v) is 2.66. The highest BCUT2D eigenvalue weighted by atomic mass is 19.4. The molecule has 11 heteroatoms. The molecule has 0 heterocycles. The Morgan fingerprint density at radius 1 is 1.00 bits per heavy atom. The van der Waals surface area contributed by atoms with Crippen molar-refractivity contribution in [2.45, 2.75) is 24.8 Å². The van der Waals surface area contributed by atoms with Crippen LogP contribution in [-0.4, -0.2) is 30.1 Å². The van der Waals surface area contributed by atoms with E-state index in [1.54, 1.807) is 24.3 Å². The van der Waals surface area contributed by atoms with Crippen molar-refractivity contribution in [3.63, 3.8) is 0 Å². The zero-order chi connectivity index (χ0) is 24.1. The van der Waals surface area contributed by atoms with Crippen LogP contribution in [0.3, 0.4) is 0 Å². The molecule has 32 heavy (non-hydrogen) atoms. The molecule has 0 bridgehead atoms. The number of hydrogen-bond acceptors (Lipinski definition) is 3. The molecule has 0 aliphatic rings. The summed E-state index contributed by atoms with van der Waals surface area (Å²) >= 11 is 0. The van der Waals surface area contributed by atoms with Gasteiger partial charge in [0, 0.05) is 12.5 Å². The molecule has 0 unspecified atom stereocenters. The normalized spacial score (nSPS) is 13.1. The van der Waals surface area contributed by atoms with E-state index < -0.39 is 47.0 Å². The van der Waals surface area contributed by atoms with Gasteiger partial charge in [-0.3, -0.25) is 4.79 Å². The first-order chi connectivity index (χ1) is 14.8. The minimum atomic E-state index is -5.03. The van der Waals surface area contributed by atoms with Crippen LogP contribution in [0.25, 0.3) is 6.08 Å². The summed E-state index contributed by atoms with van der Waals surface area (Å²) in [6.45, 7) is 0. The monoisotopic (exact) mass is 461 g/mol. The lowest BCUT2D eigenvalue weighted by Gasteiger charge is -2.14. The third kappa shape index (κ3) is 7.03. The summed E-state index contributed by atoms with van der Waals surface area (Å²) in [6, 6.07) is 5.82. The number of ether oxygens (including phenoxy) is 1. The quantitative estimate of drug-likeness (QED) is 0.469. The predicted molar refractivity (Wildman–Crippen MR) is 102 cm³/mol. The smallest absolute Gasteiger partial charge is 0.416 e. The van der Waals surface area contributed by atoms with Crippen LogP contribution >= 0.6 is 0 Å². The van der Waals surface area contributed by atoms with Crippen LogP contribution in [0.2, 0.25) is 0 Å². The molecule has 0 aliphatic carbocycles. The average Bonchev–Trinajstić information content (AvgIpc) is 2.70. The number of nitrogens with one attached hydrogen (secondary N) is 1. The molecule has 0 spiro atoms. The lowest BCUT2D eigenvalue weighted by Crippen LogP contribution is -2.41. The molecular formula is C21H17F6NO4. The van der Waals surface area contributed by atoms with Crippen molar-refractivity contribution in [1.29, 1.82) is 0 Å². The van der Waals surface area contributed by atoms with E-state index in [-0.39, 0.29) is 12.5 Å². The second-order valence-corrected chi connectivity index (χ2v) is 6.62. The fourth-order valence-electron chi connectivity index (χ4n) is 2.66. The van der Waals surface area contributed by atoms with Gasteiger partial charge in [0.25, 0.3) is 0 Å². The van der Waals surface area contributed by atoms with Gasteiger partial charge in [0.15, 0.2) is 0 Å². The number of carboxylic acids is 1. The molecule has 2 rings (SSSR count). The fraction of sp³-hybridized carbons (Fsp3) is 0.238. The molecule has 1 atom stereocenters. The number of carbonyl (C=O) groups is 2. The number of benzene rings is 2. The van der Waals surface area contributed by atoms with Gasteiger partial charge >= 0.3 is 18.3 Å². The molecule has 1 amide bonds. The third-order valence-electron chi connectivity index (χ3n) is 4.25. The van der Waals surface area contributed by atoms with E-state index >= 15 is 0 Å². The second-order valence-electron chi connectivity index (χ2n) is 6.62. The van der Waals surface area contributed by atoms with Gasteiger partial charge in [-0.1, -0.05) is 12.1 Å². The highest BCUT2D eigenvalue weighted by Crippen LogP contribution is 2.36. The van der Waals surface area contributed by atoms with Crippen molar-refractivity contribution >= 4 is 18.0 Å². The molecule has 2 aromatic rings. The Labute approximate surface area is 178 Å². The van der Waals surface area contributed by atoms with E-state index in [2.05, 4.69) is 5.32 Å². The molecule has 0 radical (unpaired) electrons. The summed E-state index contributed by atoms with van der Waals surface area (Å²) in [5.74, 6) is -1.84. The molecule has 0 saturated heterocycles. The summed E-state index contributed by atoms with van der Waals surface area (Å²) in [5, 5.41) is 11.5. The van der Waals surface area contributed by atoms with Crippen molar-refractivity contribution in [1.82, 2.24) is 5.32 Å². The van der Waals surface area contributed by atoms with E-state index in [0.29, 0.717) is 29.5 Å². The number of carbonyl (C=O) groups excluding carboxylic acids is 1. The van der Waals surface area contributed by atoms with Crippen molar-refractivity contribution in [2.24, 2.45) is 0 Å². The maximum Gasteiger partial charge on any atom is 0.416 e. The van der Waals surface area contributed by atoms with E-state index in [9.17, 15) is 41.0 Å². The van der Waals surface area contributed by atoms with Crippen LogP contribution in [0, 0.1) is 0 Å². The first-order valence-electron chi connectivity index (χ1n) is 8.93. The average molecular weight is 461 g/mol. The summed E-state index contributed by atoms with van der Waals surface area (Å²) in [4.78, 5) is 23.5. The SMILES string of the molecule is COc1ccc(C[C@H](NC(=O)C=Cc2cc(C(F)(F)F)cc(C(F)(F)F)c2)C(=O)O)cc1. The number of alkyl halides is 6. The number of hydrogen-bond donors (Lipinski definition) is 2. The topological polar surface area (TPSA) is 75.6 Å². The van der Waals surface area contributed by atoms with Crippen LogP contribution in [-0.2, 0) is 28.4 Å². The zero-order valence-corrected chi connectivity index (χ0v) is 16.4. The predicted octanol–water partition coefficient (Wildman–Crippen LogP) is 4.56. The molecule has 0 aromatic heterocycles. The number of aliphatic carboxylic acids is 1. The zero-order valence-electron chi connectivity index (χ0n) is 16.4. The van der Waals surface area contributed by atoms with Gasteiger partial charge in [0.1, 0.15) is 11.8 Å². The van der Waals surface area contributed by atoms with Gasteiger partial charge in [-0.15, -0.1) is 0 Å². The van der Waals surface area contributed by atoms with Crippen molar-refractivity contribution in [3.8, 4) is 5.75 Å². The molecule has 172 valence electrons. The van der Waals surface area contributed by atoms with Gasteiger partial charge in [-0.05, 0) is 47.5 Å². The summed E-state index contributed by atoms with van der Waals surface area (Å²) in [5.41, 5.74) is -3.04. The van der Waals surface area contributed by atoms with Gasteiger partial charge in [0.05, 0.1) is 18.2 Å². The van der Waals surface area contributed by atoms with Gasteiger partial charge in [0.2, 0.25) is 5.91 Å². The molecule has 0 aliphatic heterocycles. The Bertz CT molecular complexity index is 965. The van der Waals surface area contributed by atoms with E-state index in [4.69, 9.17) is 4.74 Å². The molecular weight excluding hydrogens is 444 g/mol. The van der Waals surface area contributed by atoms with E-state index in [0.717, 1.165) is 6.08 Å². The molecule has 0 saturated carbocycles. The van der Waals surface area contributed by atoms with Gasteiger partial charge in [-0.25, -0.2) is 4.79 Å². The minimum absolute atomic E-state index is 0.0350. The van der Waals surface area contributed by atoms with Crippen molar-refractivity contribution < 1.29 is 45.8 Å². The van der Waals surface area contributed by atoms with Crippen LogP contribution < -0.4 is 10.1 Å². The first-order valence-corrected chi connectivity index (χ1v) is 8.93. The summed E-state index contributed by atoms with van der Waals surface area (Å²) in [7, 11) is 1.45. The standard InChI is InChI=1S/C21H17F6NO4/c1-32-16-5-2-12(3-6-16)10-17(19(30)31)28-18(29)7-4-13-8-14(20(22,23)24)11-15(9-13)21(25,26)27/h2-9,11,17H,10H2,1H3,(H,28,29)(H,30,31)/t17-/m0/s1. The maximum atomic E-state index is 12.9. The number of rotatable bonds is 7. The minimum Gasteiger partial charge on any atom is -0.497 e. The number of halogens is 6. The largest absolute Gasteiger partial charge is 0.497 e. The number of carboxylic acid groups (broad SMARTS) is 1. The Balaban J connectivity index is 2.19. The molecule has 2 aromatic carbocycles. The maximum absolute atomic E-state index is 12.9. The van der Waals surface area contributed by atoms with Crippen LogP contribution in [0.5, 0.6) is 5.75 Å². The third-order valence-corrected chi connectivity index (χ3v) is 4.25. The van der Waals surface area contributed by atoms with E-state index in [1.807, 2.05) is 0 Å². The van der Waals surface area contributed by atoms with Gasteiger partial charge < -0.3 is 15.2 Å². The Kier molecular flexibility index (Phi) is 7.55. The van der Waals surface area contributed by atoms with Crippen LogP contribution in [0.4, 0.5) is 26.3 Å².